The molecule has 2 aromatic heterocycles. The van der Waals surface area contributed by atoms with Gasteiger partial charge in [0.15, 0.2) is 13.2 Å². The summed E-state index contributed by atoms with van der Waals surface area (Å²) in [5.74, 6) is 2.25. The monoisotopic (exact) mass is 422 g/mol. The number of carbonyl (C=O) groups is 1. The van der Waals surface area contributed by atoms with Gasteiger partial charge in [0.05, 0.1) is 12.7 Å². The Hall–Kier alpha value is -4.21. The summed E-state index contributed by atoms with van der Waals surface area (Å²) in [6.45, 7) is 1.72. The number of ether oxygens (including phenoxy) is 3. The first-order chi connectivity index (χ1) is 15.1. The molecule has 0 spiro atoms. The van der Waals surface area contributed by atoms with Crippen molar-refractivity contribution in [1.82, 2.24) is 20.3 Å². The maximum atomic E-state index is 12.3. The first kappa shape index (κ1) is 20.1. The van der Waals surface area contributed by atoms with Crippen LogP contribution in [-0.2, 0) is 18.0 Å². The number of methoxy groups -OCH3 is 1. The van der Waals surface area contributed by atoms with Crippen molar-refractivity contribution in [3.63, 3.8) is 0 Å². The van der Waals surface area contributed by atoms with E-state index in [0.29, 0.717) is 28.9 Å². The number of aromatic nitrogens is 4. The van der Waals surface area contributed by atoms with E-state index < -0.39 is 5.97 Å². The molecular formula is C21H18N4O6. The Kier molecular flexibility index (Phi) is 5.88. The standard InChI is InChI=1S/C21H18N4O6/c1-13-22-18(24-30-13)11-28-17-9-5-15(6-10-17)21(26)29-12-19-23-20(25-31-19)14-3-7-16(27-2)8-4-14/h3-10H,11-12H2,1-2H3. The predicted octanol–water partition coefficient (Wildman–Crippen LogP) is 3.37. The summed E-state index contributed by atoms with van der Waals surface area (Å²) in [7, 11) is 1.59. The maximum absolute atomic E-state index is 12.3. The summed E-state index contributed by atoms with van der Waals surface area (Å²) in [4.78, 5) is 20.5. The van der Waals surface area contributed by atoms with Crippen LogP contribution in [0, 0.1) is 6.92 Å². The molecule has 0 bridgehead atoms. The van der Waals surface area contributed by atoms with Crippen molar-refractivity contribution in [2.45, 2.75) is 20.1 Å². The largest absolute Gasteiger partial charge is 0.497 e. The molecule has 10 nitrogen and oxygen atoms in total. The molecule has 4 rings (SSSR count). The average molecular weight is 422 g/mol. The lowest BCUT2D eigenvalue weighted by Crippen LogP contribution is -2.05. The number of hydrogen-bond acceptors (Lipinski definition) is 10. The Bertz CT molecular complexity index is 1150. The molecule has 0 aliphatic rings. The minimum Gasteiger partial charge on any atom is -0.497 e. The molecule has 0 radical (unpaired) electrons. The molecule has 2 aromatic carbocycles. The van der Waals surface area contributed by atoms with Crippen molar-refractivity contribution in [3.05, 3.63) is 71.7 Å². The van der Waals surface area contributed by atoms with E-state index in [1.165, 1.54) is 0 Å². The summed E-state index contributed by atoms with van der Waals surface area (Å²) in [6, 6.07) is 13.7. The molecule has 0 aliphatic heterocycles. The third kappa shape index (κ3) is 5.04. The highest BCUT2D eigenvalue weighted by Crippen LogP contribution is 2.20. The van der Waals surface area contributed by atoms with Gasteiger partial charge in [0, 0.05) is 12.5 Å². The van der Waals surface area contributed by atoms with Gasteiger partial charge in [0.1, 0.15) is 11.5 Å². The molecule has 0 amide bonds. The molecule has 10 heteroatoms. The molecular weight excluding hydrogens is 404 g/mol. The van der Waals surface area contributed by atoms with Crippen molar-refractivity contribution in [2.75, 3.05) is 7.11 Å². The molecule has 4 aromatic rings. The smallest absolute Gasteiger partial charge is 0.338 e. The Morgan fingerprint density at radius 2 is 1.65 bits per heavy atom. The number of benzene rings is 2. The molecule has 0 fully saturated rings. The maximum Gasteiger partial charge on any atom is 0.338 e. The number of nitrogens with zero attached hydrogens (tertiary/aromatic N) is 4. The summed E-state index contributed by atoms with van der Waals surface area (Å²) < 4.78 is 25.9. The van der Waals surface area contributed by atoms with E-state index in [1.54, 1.807) is 50.4 Å². The number of esters is 1. The zero-order valence-electron chi connectivity index (χ0n) is 16.8. The molecule has 0 saturated heterocycles. The fourth-order valence-corrected chi connectivity index (χ4v) is 2.62. The molecule has 0 N–H and O–H groups in total. The van der Waals surface area contributed by atoms with Crippen LogP contribution in [0.1, 0.15) is 28.0 Å². The molecule has 0 aliphatic carbocycles. The van der Waals surface area contributed by atoms with Crippen molar-refractivity contribution in [2.24, 2.45) is 0 Å². The Balaban J connectivity index is 1.29. The van der Waals surface area contributed by atoms with Gasteiger partial charge in [-0.3, -0.25) is 0 Å². The van der Waals surface area contributed by atoms with Gasteiger partial charge in [-0.25, -0.2) is 4.79 Å². The second-order valence-corrected chi connectivity index (χ2v) is 6.36. The van der Waals surface area contributed by atoms with Gasteiger partial charge in [-0.2, -0.15) is 9.97 Å². The Labute approximate surface area is 176 Å². The lowest BCUT2D eigenvalue weighted by molar-refractivity contribution is 0.0429. The van der Waals surface area contributed by atoms with E-state index in [9.17, 15) is 4.79 Å². The van der Waals surface area contributed by atoms with Crippen LogP contribution in [0.5, 0.6) is 11.5 Å². The predicted molar refractivity (Wildman–Crippen MR) is 105 cm³/mol. The van der Waals surface area contributed by atoms with Gasteiger partial charge in [-0.05, 0) is 48.5 Å². The van der Waals surface area contributed by atoms with E-state index in [2.05, 4.69) is 20.3 Å². The topological polar surface area (TPSA) is 123 Å². The zero-order chi connectivity index (χ0) is 21.6. The second kappa shape index (κ2) is 9.08. The van der Waals surface area contributed by atoms with E-state index in [1.807, 2.05) is 12.1 Å². The Morgan fingerprint density at radius 3 is 2.32 bits per heavy atom. The van der Waals surface area contributed by atoms with Crippen LogP contribution >= 0.6 is 0 Å². The lowest BCUT2D eigenvalue weighted by Gasteiger charge is -2.05. The van der Waals surface area contributed by atoms with Gasteiger partial charge in [0.25, 0.3) is 5.89 Å². The zero-order valence-corrected chi connectivity index (χ0v) is 16.8. The molecule has 0 unspecified atom stereocenters. The highest BCUT2D eigenvalue weighted by Gasteiger charge is 2.13. The highest BCUT2D eigenvalue weighted by atomic mass is 16.6. The van der Waals surface area contributed by atoms with Crippen LogP contribution in [0.3, 0.4) is 0 Å². The van der Waals surface area contributed by atoms with Gasteiger partial charge in [-0.15, -0.1) is 0 Å². The van der Waals surface area contributed by atoms with Crippen LogP contribution in [0.2, 0.25) is 0 Å². The van der Waals surface area contributed by atoms with Crippen molar-refractivity contribution in [1.29, 1.82) is 0 Å². The normalized spacial score (nSPS) is 10.6. The van der Waals surface area contributed by atoms with Crippen molar-refractivity contribution < 1.29 is 28.1 Å². The fraction of sp³-hybridized carbons (Fsp3) is 0.190. The summed E-state index contributed by atoms with van der Waals surface area (Å²) >= 11 is 0. The van der Waals surface area contributed by atoms with Gasteiger partial charge in [0.2, 0.25) is 17.5 Å². The first-order valence-corrected chi connectivity index (χ1v) is 9.27. The minimum absolute atomic E-state index is 0.141. The van der Waals surface area contributed by atoms with E-state index >= 15 is 0 Å². The van der Waals surface area contributed by atoms with E-state index in [-0.39, 0.29) is 19.1 Å². The van der Waals surface area contributed by atoms with Crippen LogP contribution in [0.25, 0.3) is 11.4 Å². The summed E-state index contributed by atoms with van der Waals surface area (Å²) in [5.41, 5.74) is 1.12. The van der Waals surface area contributed by atoms with Crippen LogP contribution in [0.4, 0.5) is 0 Å². The molecule has 0 atom stereocenters. The molecule has 158 valence electrons. The number of rotatable bonds is 8. The van der Waals surface area contributed by atoms with Gasteiger partial charge in [-0.1, -0.05) is 10.3 Å². The molecule has 2 heterocycles. The molecule has 0 saturated carbocycles. The number of hydrogen-bond donors (Lipinski definition) is 0. The van der Waals surface area contributed by atoms with Crippen molar-refractivity contribution >= 4 is 5.97 Å². The van der Waals surface area contributed by atoms with Crippen molar-refractivity contribution in [3.8, 4) is 22.9 Å². The van der Waals surface area contributed by atoms with Crippen LogP contribution in [0.15, 0.2) is 57.6 Å². The third-order valence-electron chi connectivity index (χ3n) is 4.17. The Morgan fingerprint density at radius 1 is 0.903 bits per heavy atom. The van der Waals surface area contributed by atoms with Gasteiger partial charge >= 0.3 is 5.97 Å². The van der Waals surface area contributed by atoms with E-state index in [0.717, 1.165) is 11.3 Å². The first-order valence-electron chi connectivity index (χ1n) is 9.27. The van der Waals surface area contributed by atoms with E-state index in [4.69, 9.17) is 23.3 Å². The SMILES string of the molecule is COc1ccc(-c2noc(COC(=O)c3ccc(OCc4noc(C)n4)cc3)n2)cc1. The number of carbonyl (C=O) groups excluding carboxylic acids is 1. The highest BCUT2D eigenvalue weighted by molar-refractivity contribution is 5.89. The number of aryl methyl sites for hydroxylation is 1. The third-order valence-corrected chi connectivity index (χ3v) is 4.17. The fourth-order valence-electron chi connectivity index (χ4n) is 2.62. The lowest BCUT2D eigenvalue weighted by atomic mass is 10.2. The second-order valence-electron chi connectivity index (χ2n) is 6.36. The minimum atomic E-state index is -0.524. The molecule has 31 heavy (non-hydrogen) atoms. The van der Waals surface area contributed by atoms with Crippen LogP contribution in [-0.4, -0.2) is 33.4 Å². The van der Waals surface area contributed by atoms with Gasteiger partial charge < -0.3 is 23.3 Å². The quantitative estimate of drug-likeness (QED) is 0.390. The van der Waals surface area contributed by atoms with Crippen LogP contribution < -0.4 is 9.47 Å². The summed E-state index contributed by atoms with van der Waals surface area (Å²) in [6.07, 6.45) is 0. The average Bonchev–Trinajstić information content (AvgIpc) is 3.45. The summed E-state index contributed by atoms with van der Waals surface area (Å²) in [5, 5.41) is 7.65.